The molecule has 75 heavy (non-hydrogen) atoms. The molecule has 4 heterocycles. The Labute approximate surface area is 424 Å². The van der Waals surface area contributed by atoms with Crippen molar-refractivity contribution in [3.8, 4) is 57.1 Å². The number of amides is 8. The number of fused-ring (bicyclic) bond motifs is 4. The molecule has 8 aromatic carbocycles. The molecule has 364 valence electrons. The van der Waals surface area contributed by atoms with Crippen LogP contribution in [0.2, 0.25) is 0 Å². The van der Waals surface area contributed by atoms with Crippen LogP contribution in [-0.2, 0) is 0 Å². The number of phenolic OH excluding ortho intramolecular Hbond substituents is 2. The van der Waals surface area contributed by atoms with E-state index in [1.165, 1.54) is 116 Å². The maximum absolute atomic E-state index is 13.9. The van der Waals surface area contributed by atoms with E-state index in [0.717, 1.165) is 25.2 Å². The number of aryl methyl sites for hydroxylation is 1. The summed E-state index contributed by atoms with van der Waals surface area (Å²) in [5.41, 5.74) is 2.62. The molecule has 4 aliphatic heterocycles. The summed E-state index contributed by atoms with van der Waals surface area (Å²) in [7, 11) is 1.38. The van der Waals surface area contributed by atoms with Gasteiger partial charge in [0.15, 0.2) is 0 Å². The van der Waals surface area contributed by atoms with Gasteiger partial charge in [0.2, 0.25) is 0 Å². The van der Waals surface area contributed by atoms with Crippen molar-refractivity contribution in [2.24, 2.45) is 0 Å². The molecule has 0 saturated heterocycles. The molecule has 17 nitrogen and oxygen atoms in total. The van der Waals surface area contributed by atoms with Crippen LogP contribution < -0.4 is 28.9 Å². The molecule has 0 spiro atoms. The Morgan fingerprint density at radius 1 is 0.320 bits per heavy atom. The lowest BCUT2D eigenvalue weighted by atomic mass is 10.0. The molecule has 17 heteroatoms. The molecular formula is C58H34N4O13. The van der Waals surface area contributed by atoms with Crippen molar-refractivity contribution in [3.63, 3.8) is 0 Å². The van der Waals surface area contributed by atoms with Crippen LogP contribution in [0.25, 0.3) is 11.1 Å². The fourth-order valence-corrected chi connectivity index (χ4v) is 9.39. The highest BCUT2D eigenvalue weighted by molar-refractivity contribution is 6.36. The zero-order valence-corrected chi connectivity index (χ0v) is 39.2. The molecule has 0 aliphatic carbocycles. The molecule has 0 bridgehead atoms. The number of aromatic hydroxyl groups is 2. The third-order valence-corrected chi connectivity index (χ3v) is 13.2. The molecule has 0 saturated carbocycles. The molecule has 2 N–H and O–H groups in total. The predicted octanol–water partition coefficient (Wildman–Crippen LogP) is 10.1. The SMILES string of the molecule is Cc1ccc(Oc2ccc(N3C(=O)c4ccc(Oc5ccc6c(c5)C(=O)N(c5ccc(-c7ccc(N8C(=O)c9ccc(Oc%10ccc%11c(c%10)C(=O)N(C)C%11=O)cc9C8=O)c(O)c7)cc5O)C6=O)cc4C3=O)cc2)cc1. The van der Waals surface area contributed by atoms with E-state index in [0.29, 0.717) is 28.3 Å². The van der Waals surface area contributed by atoms with E-state index in [1.807, 2.05) is 31.2 Å². The summed E-state index contributed by atoms with van der Waals surface area (Å²) in [4.78, 5) is 110. The number of hydrogen-bond donors (Lipinski definition) is 2. The molecule has 0 radical (unpaired) electrons. The van der Waals surface area contributed by atoms with Crippen molar-refractivity contribution >= 4 is 64.3 Å². The molecule has 0 fully saturated rings. The lowest BCUT2D eigenvalue weighted by Crippen LogP contribution is -2.29. The van der Waals surface area contributed by atoms with Gasteiger partial charge in [-0.1, -0.05) is 29.8 Å². The highest BCUT2D eigenvalue weighted by atomic mass is 16.5. The van der Waals surface area contributed by atoms with Crippen LogP contribution in [0.15, 0.2) is 158 Å². The Morgan fingerprint density at radius 3 is 1.04 bits per heavy atom. The lowest BCUT2D eigenvalue weighted by Gasteiger charge is -2.18. The van der Waals surface area contributed by atoms with Gasteiger partial charge < -0.3 is 24.4 Å². The van der Waals surface area contributed by atoms with E-state index in [4.69, 9.17) is 14.2 Å². The van der Waals surface area contributed by atoms with Gasteiger partial charge in [0.05, 0.1) is 61.6 Å². The number of carbonyl (C=O) groups excluding carboxylic acids is 8. The first-order valence-corrected chi connectivity index (χ1v) is 23.0. The normalized spacial score (nSPS) is 14.5. The van der Waals surface area contributed by atoms with E-state index in [9.17, 15) is 48.6 Å². The van der Waals surface area contributed by atoms with Gasteiger partial charge in [0.25, 0.3) is 47.3 Å². The number of ether oxygens (including phenoxy) is 3. The summed E-state index contributed by atoms with van der Waals surface area (Å²) < 4.78 is 17.9. The summed E-state index contributed by atoms with van der Waals surface area (Å²) in [5.74, 6) is -3.93. The van der Waals surface area contributed by atoms with Crippen LogP contribution >= 0.6 is 0 Å². The van der Waals surface area contributed by atoms with Crippen LogP contribution in [0.1, 0.15) is 88.4 Å². The van der Waals surface area contributed by atoms with Gasteiger partial charge in [-0.05, 0) is 152 Å². The number of anilines is 3. The first-order valence-electron chi connectivity index (χ1n) is 23.0. The second-order valence-electron chi connectivity index (χ2n) is 17.9. The Hall–Kier alpha value is -10.7. The Morgan fingerprint density at radius 2 is 0.627 bits per heavy atom. The van der Waals surface area contributed by atoms with Gasteiger partial charge in [0.1, 0.15) is 46.0 Å². The highest BCUT2D eigenvalue weighted by Crippen LogP contribution is 2.43. The number of rotatable bonds is 10. The van der Waals surface area contributed by atoms with E-state index in [-0.39, 0.29) is 78.9 Å². The minimum absolute atomic E-state index is 0.00204. The first-order chi connectivity index (χ1) is 36.1. The van der Waals surface area contributed by atoms with E-state index >= 15 is 0 Å². The summed E-state index contributed by atoms with van der Waals surface area (Å²) >= 11 is 0. The van der Waals surface area contributed by atoms with Crippen molar-refractivity contribution < 1.29 is 62.8 Å². The lowest BCUT2D eigenvalue weighted by molar-refractivity contribution is 0.0690. The van der Waals surface area contributed by atoms with Gasteiger partial charge in [-0.15, -0.1) is 0 Å². The Bertz CT molecular complexity index is 3940. The quantitative estimate of drug-likeness (QED) is 0.122. The van der Waals surface area contributed by atoms with Crippen LogP contribution in [0.4, 0.5) is 17.1 Å². The monoisotopic (exact) mass is 994 g/mol. The number of phenols is 2. The molecule has 12 rings (SSSR count). The second kappa shape index (κ2) is 17.0. The standard InChI is InChI=1S/C58H34N4O13/c1-29-3-9-33(10-4-29)73-34-11-7-32(8-12-34)60-53(67)40-18-14-36(26-44(40)56(60)70)75-38-16-20-42-46(28-38)58(72)62(55(42)69)48-22-6-31(24-50(48)64)30-5-21-47(49(63)23-30)61-54(68)41-19-15-37(27-45(41)57(61)71)74-35-13-17-39-43(25-35)52(66)59(2)51(39)65/h3-28,63-64H,1-2H3. The summed E-state index contributed by atoms with van der Waals surface area (Å²) in [6, 6.07) is 39.7. The van der Waals surface area contributed by atoms with Crippen molar-refractivity contribution in [3.05, 3.63) is 208 Å². The molecule has 4 aliphatic rings. The molecule has 8 amide bonds. The largest absolute Gasteiger partial charge is 0.506 e. The van der Waals surface area contributed by atoms with Gasteiger partial charge in [-0.3, -0.25) is 43.3 Å². The third kappa shape index (κ3) is 7.40. The zero-order valence-electron chi connectivity index (χ0n) is 39.2. The van der Waals surface area contributed by atoms with Crippen LogP contribution in [0.5, 0.6) is 46.0 Å². The maximum atomic E-state index is 13.9. The molecule has 8 aromatic rings. The van der Waals surface area contributed by atoms with Crippen molar-refractivity contribution in [1.82, 2.24) is 4.90 Å². The van der Waals surface area contributed by atoms with Gasteiger partial charge in [-0.2, -0.15) is 0 Å². The zero-order chi connectivity index (χ0) is 52.1. The first kappa shape index (κ1) is 45.5. The van der Waals surface area contributed by atoms with Crippen LogP contribution in [0, 0.1) is 6.92 Å². The minimum Gasteiger partial charge on any atom is -0.506 e. The Balaban J connectivity index is 0.718. The highest BCUT2D eigenvalue weighted by Gasteiger charge is 2.41. The fourth-order valence-electron chi connectivity index (χ4n) is 9.39. The number of benzene rings is 8. The van der Waals surface area contributed by atoms with Gasteiger partial charge >= 0.3 is 0 Å². The molecule has 0 atom stereocenters. The van der Waals surface area contributed by atoms with E-state index < -0.39 is 58.8 Å². The predicted molar refractivity (Wildman–Crippen MR) is 269 cm³/mol. The molecule has 0 aromatic heterocycles. The Kier molecular flexibility index (Phi) is 10.3. The van der Waals surface area contributed by atoms with E-state index in [2.05, 4.69) is 0 Å². The molecule has 0 unspecified atom stereocenters. The smallest absolute Gasteiger partial charge is 0.266 e. The van der Waals surface area contributed by atoms with Crippen molar-refractivity contribution in [2.75, 3.05) is 21.7 Å². The van der Waals surface area contributed by atoms with Crippen LogP contribution in [0.3, 0.4) is 0 Å². The summed E-state index contributed by atoms with van der Waals surface area (Å²) in [6.45, 7) is 1.97. The van der Waals surface area contributed by atoms with Gasteiger partial charge in [-0.25, -0.2) is 14.7 Å². The average Bonchev–Trinajstić information content (AvgIpc) is 3.99. The second-order valence-corrected chi connectivity index (χ2v) is 17.9. The van der Waals surface area contributed by atoms with E-state index in [1.54, 1.807) is 24.3 Å². The summed E-state index contributed by atoms with van der Waals surface area (Å²) in [5, 5.41) is 22.5. The number of hydrogen-bond acceptors (Lipinski definition) is 13. The number of imide groups is 4. The topological polar surface area (TPSA) is 218 Å². The van der Waals surface area contributed by atoms with Gasteiger partial charge in [0, 0.05) is 7.05 Å². The fraction of sp³-hybridized carbons (Fsp3) is 0.0345. The van der Waals surface area contributed by atoms with Crippen molar-refractivity contribution in [1.29, 1.82) is 0 Å². The minimum atomic E-state index is -0.754. The average molecular weight is 995 g/mol. The van der Waals surface area contributed by atoms with Crippen LogP contribution in [-0.4, -0.2) is 69.4 Å². The number of nitrogens with zero attached hydrogens (tertiary/aromatic N) is 4. The summed E-state index contributed by atoms with van der Waals surface area (Å²) in [6.07, 6.45) is 0. The number of carbonyl (C=O) groups is 8. The van der Waals surface area contributed by atoms with Crippen molar-refractivity contribution in [2.45, 2.75) is 6.92 Å². The third-order valence-electron chi connectivity index (χ3n) is 13.2. The maximum Gasteiger partial charge on any atom is 0.266 e. The molecular weight excluding hydrogens is 961 g/mol.